The van der Waals surface area contributed by atoms with Crippen LogP contribution in [0.1, 0.15) is 38.5 Å². The van der Waals surface area contributed by atoms with Crippen LogP contribution in [-0.2, 0) is 15.4 Å². The van der Waals surface area contributed by atoms with Gasteiger partial charge in [0.2, 0.25) is 10.0 Å². The Bertz CT molecular complexity index is 529. The third kappa shape index (κ3) is 4.43. The Labute approximate surface area is 131 Å². The molecule has 0 spiro atoms. The van der Waals surface area contributed by atoms with Gasteiger partial charge in [0, 0.05) is 10.9 Å². The number of rotatable bonds is 3. The molecule has 1 fully saturated rings. The highest BCUT2D eigenvalue weighted by molar-refractivity contribution is 7.91. The summed E-state index contributed by atoms with van der Waals surface area (Å²) < 4.78 is 27.9. The van der Waals surface area contributed by atoms with Crippen molar-refractivity contribution in [2.45, 2.75) is 49.3 Å². The topological polar surface area (TPSA) is 58.2 Å². The van der Waals surface area contributed by atoms with Crippen molar-refractivity contribution in [3.8, 4) is 0 Å². The van der Waals surface area contributed by atoms with Gasteiger partial charge in [0.1, 0.15) is 4.21 Å². The minimum Gasteiger partial charge on any atom is -0.317 e. The Morgan fingerprint density at radius 2 is 1.85 bits per heavy atom. The van der Waals surface area contributed by atoms with E-state index in [2.05, 4.69) is 30.8 Å². The predicted octanol–water partition coefficient (Wildman–Crippen LogP) is 2.50. The zero-order valence-corrected chi connectivity index (χ0v) is 14.6. The summed E-state index contributed by atoms with van der Waals surface area (Å²) in [6.45, 7) is 8.04. The molecule has 2 heterocycles. The number of nitrogens with one attached hydrogen (secondary N) is 2. The Morgan fingerprint density at radius 1 is 1.25 bits per heavy atom. The Kier molecular flexibility index (Phi) is 6.04. The molecule has 0 saturated carbocycles. The maximum atomic E-state index is 12.3. The molecule has 0 radical (unpaired) electrons. The van der Waals surface area contributed by atoms with Gasteiger partial charge in [-0.2, -0.15) is 0 Å². The van der Waals surface area contributed by atoms with Crippen LogP contribution in [0, 0.1) is 0 Å². The van der Waals surface area contributed by atoms with Gasteiger partial charge in [-0.3, -0.25) is 0 Å². The van der Waals surface area contributed by atoms with E-state index in [1.54, 1.807) is 6.07 Å². The number of hydrogen-bond acceptors (Lipinski definition) is 4. The molecule has 20 heavy (non-hydrogen) atoms. The van der Waals surface area contributed by atoms with E-state index >= 15 is 0 Å². The maximum absolute atomic E-state index is 12.3. The molecule has 0 atom stereocenters. The fraction of sp³-hybridized carbons (Fsp3) is 0.692. The van der Waals surface area contributed by atoms with Crippen LogP contribution in [0.3, 0.4) is 0 Å². The van der Waals surface area contributed by atoms with Gasteiger partial charge in [0.05, 0.1) is 0 Å². The smallest absolute Gasteiger partial charge is 0.250 e. The standard InChI is InChI=1S/C13H22N2O2S2.ClH/c1-13(2,3)11-4-5-12(18-11)19(16,17)15-10-6-8-14-9-7-10;/h4-5,10,14-15H,6-9H2,1-3H3;1H. The normalized spacial score (nSPS) is 17.8. The largest absolute Gasteiger partial charge is 0.317 e. The molecule has 2 N–H and O–H groups in total. The molecule has 7 heteroatoms. The van der Waals surface area contributed by atoms with Crippen molar-refractivity contribution in [3.63, 3.8) is 0 Å². The molecule has 0 bridgehead atoms. The van der Waals surface area contributed by atoms with Crippen LogP contribution in [0.25, 0.3) is 0 Å². The van der Waals surface area contributed by atoms with E-state index in [9.17, 15) is 8.42 Å². The number of sulfonamides is 1. The minimum atomic E-state index is -3.36. The molecule has 1 aliphatic heterocycles. The second kappa shape index (κ2) is 6.75. The van der Waals surface area contributed by atoms with Crippen molar-refractivity contribution in [2.75, 3.05) is 13.1 Å². The second-order valence-electron chi connectivity index (χ2n) is 6.01. The molecular formula is C13H23ClN2O2S2. The predicted molar refractivity (Wildman–Crippen MR) is 86.5 cm³/mol. The molecule has 1 aliphatic rings. The third-order valence-corrected chi connectivity index (χ3v) is 6.77. The summed E-state index contributed by atoms with van der Waals surface area (Å²) in [5.74, 6) is 0. The fourth-order valence-corrected chi connectivity index (χ4v) is 4.77. The first-order chi connectivity index (χ1) is 8.79. The summed E-state index contributed by atoms with van der Waals surface area (Å²) in [5, 5.41) is 3.23. The van der Waals surface area contributed by atoms with Gasteiger partial charge in [-0.25, -0.2) is 13.1 Å². The maximum Gasteiger partial charge on any atom is 0.250 e. The number of piperidine rings is 1. The van der Waals surface area contributed by atoms with Crippen molar-refractivity contribution < 1.29 is 8.42 Å². The molecule has 1 saturated heterocycles. The molecular weight excluding hydrogens is 316 g/mol. The van der Waals surface area contributed by atoms with Crippen LogP contribution in [0.4, 0.5) is 0 Å². The lowest BCUT2D eigenvalue weighted by Gasteiger charge is -2.23. The third-order valence-electron chi connectivity index (χ3n) is 3.25. The van der Waals surface area contributed by atoms with E-state index < -0.39 is 10.0 Å². The van der Waals surface area contributed by atoms with E-state index in [4.69, 9.17) is 0 Å². The Morgan fingerprint density at radius 3 is 2.35 bits per heavy atom. The van der Waals surface area contributed by atoms with Crippen LogP contribution in [0.2, 0.25) is 0 Å². The van der Waals surface area contributed by atoms with Crippen molar-refractivity contribution >= 4 is 33.8 Å². The van der Waals surface area contributed by atoms with Gasteiger partial charge in [-0.15, -0.1) is 23.7 Å². The molecule has 4 nitrogen and oxygen atoms in total. The summed E-state index contributed by atoms with van der Waals surface area (Å²) in [5.41, 5.74) is -0.00675. The number of thiophene rings is 1. The summed E-state index contributed by atoms with van der Waals surface area (Å²) in [7, 11) is -3.36. The average molecular weight is 339 g/mol. The number of halogens is 1. The van der Waals surface area contributed by atoms with E-state index in [0.717, 1.165) is 30.8 Å². The van der Waals surface area contributed by atoms with E-state index in [-0.39, 0.29) is 23.9 Å². The summed E-state index contributed by atoms with van der Waals surface area (Å²) >= 11 is 1.37. The van der Waals surface area contributed by atoms with Crippen molar-refractivity contribution in [3.05, 3.63) is 17.0 Å². The highest BCUT2D eigenvalue weighted by Gasteiger charge is 2.25. The summed E-state index contributed by atoms with van der Waals surface area (Å²) in [4.78, 5) is 1.10. The van der Waals surface area contributed by atoms with E-state index in [0.29, 0.717) is 4.21 Å². The van der Waals surface area contributed by atoms with Crippen molar-refractivity contribution in [2.24, 2.45) is 0 Å². The van der Waals surface area contributed by atoms with Gasteiger partial charge >= 0.3 is 0 Å². The van der Waals surface area contributed by atoms with Gasteiger partial charge in [-0.1, -0.05) is 20.8 Å². The molecule has 116 valence electrons. The lowest BCUT2D eigenvalue weighted by molar-refractivity contribution is 0.427. The SMILES string of the molecule is CC(C)(C)c1ccc(S(=O)(=O)NC2CCNCC2)s1.Cl. The van der Waals surface area contributed by atoms with Crippen LogP contribution < -0.4 is 10.0 Å². The first kappa shape index (κ1) is 17.9. The first-order valence-corrected chi connectivity index (χ1v) is 8.92. The lowest BCUT2D eigenvalue weighted by atomic mass is 9.95. The molecule has 0 unspecified atom stereocenters. The zero-order valence-electron chi connectivity index (χ0n) is 12.1. The second-order valence-corrected chi connectivity index (χ2v) is 9.04. The molecule has 0 amide bonds. The molecule has 0 aromatic carbocycles. The highest BCUT2D eigenvalue weighted by Crippen LogP contribution is 2.31. The van der Waals surface area contributed by atoms with Gasteiger partial charge in [0.15, 0.2) is 0 Å². The van der Waals surface area contributed by atoms with Crippen LogP contribution in [0.5, 0.6) is 0 Å². The van der Waals surface area contributed by atoms with Gasteiger partial charge < -0.3 is 5.32 Å². The average Bonchev–Trinajstić information content (AvgIpc) is 2.79. The summed E-state index contributed by atoms with van der Waals surface area (Å²) in [6, 6.07) is 3.70. The van der Waals surface area contributed by atoms with Crippen molar-refractivity contribution in [1.29, 1.82) is 0 Å². The monoisotopic (exact) mass is 338 g/mol. The first-order valence-electron chi connectivity index (χ1n) is 6.62. The van der Waals surface area contributed by atoms with Gasteiger partial charge in [0.25, 0.3) is 0 Å². The minimum absolute atomic E-state index is 0. The fourth-order valence-electron chi connectivity index (χ4n) is 2.08. The summed E-state index contributed by atoms with van der Waals surface area (Å²) in [6.07, 6.45) is 1.72. The van der Waals surface area contributed by atoms with Crippen LogP contribution >= 0.6 is 23.7 Å². The molecule has 1 aromatic heterocycles. The van der Waals surface area contributed by atoms with Crippen LogP contribution in [0.15, 0.2) is 16.3 Å². The molecule has 2 rings (SSSR count). The van der Waals surface area contributed by atoms with E-state index in [1.165, 1.54) is 11.3 Å². The highest BCUT2D eigenvalue weighted by atomic mass is 35.5. The van der Waals surface area contributed by atoms with E-state index in [1.807, 2.05) is 6.07 Å². The number of hydrogen-bond donors (Lipinski definition) is 2. The molecule has 0 aliphatic carbocycles. The zero-order chi connectivity index (χ0) is 14.1. The Balaban J connectivity index is 0.00000200. The van der Waals surface area contributed by atoms with Crippen LogP contribution in [-0.4, -0.2) is 27.5 Å². The Hall–Kier alpha value is -0.140. The quantitative estimate of drug-likeness (QED) is 0.890. The molecule has 1 aromatic rings. The van der Waals surface area contributed by atoms with Crippen molar-refractivity contribution in [1.82, 2.24) is 10.0 Å². The lowest BCUT2D eigenvalue weighted by Crippen LogP contribution is -2.42. The van der Waals surface area contributed by atoms with Gasteiger partial charge in [-0.05, 0) is 43.5 Å².